The third-order valence-electron chi connectivity index (χ3n) is 4.08. The molecule has 1 amide bonds. The van der Waals surface area contributed by atoms with E-state index in [1.807, 2.05) is 0 Å². The van der Waals surface area contributed by atoms with Gasteiger partial charge in [-0.15, -0.1) is 0 Å². The Morgan fingerprint density at radius 2 is 1.74 bits per heavy atom. The Bertz CT molecular complexity index is 442. The van der Waals surface area contributed by atoms with Crippen LogP contribution < -0.4 is 0 Å². The molecular formula is C17H23NO. The van der Waals surface area contributed by atoms with Crippen LogP contribution in [-0.2, 0) is 10.2 Å². The van der Waals surface area contributed by atoms with Crippen LogP contribution in [0.15, 0.2) is 42.5 Å². The molecule has 1 aromatic rings. The minimum atomic E-state index is 0.0607. The number of amides is 1. The van der Waals surface area contributed by atoms with Crippen molar-refractivity contribution < 1.29 is 4.79 Å². The van der Waals surface area contributed by atoms with Crippen LogP contribution >= 0.6 is 0 Å². The van der Waals surface area contributed by atoms with E-state index < -0.39 is 0 Å². The van der Waals surface area contributed by atoms with E-state index in [9.17, 15) is 4.79 Å². The fraction of sp³-hybridized carbons (Fsp3) is 0.471. The highest BCUT2D eigenvalue weighted by atomic mass is 16.2. The molecule has 102 valence electrons. The normalized spacial score (nSPS) is 18.4. The van der Waals surface area contributed by atoms with Crippen LogP contribution in [0.3, 0.4) is 0 Å². The molecule has 0 radical (unpaired) electrons. The SMILES string of the molecule is CN(C)C(=O)C=CC1(c2ccccc2)CCCCC1. The van der Waals surface area contributed by atoms with Crippen LogP contribution in [0.5, 0.6) is 0 Å². The minimum absolute atomic E-state index is 0.0607. The van der Waals surface area contributed by atoms with Crippen LogP contribution in [0.1, 0.15) is 37.7 Å². The zero-order valence-corrected chi connectivity index (χ0v) is 11.9. The van der Waals surface area contributed by atoms with Crippen molar-refractivity contribution in [2.75, 3.05) is 14.1 Å². The van der Waals surface area contributed by atoms with Crippen LogP contribution in [-0.4, -0.2) is 24.9 Å². The number of rotatable bonds is 3. The summed E-state index contributed by atoms with van der Waals surface area (Å²) in [4.78, 5) is 13.4. The number of benzene rings is 1. The molecule has 0 aromatic heterocycles. The van der Waals surface area contributed by atoms with Crippen molar-refractivity contribution in [2.45, 2.75) is 37.5 Å². The van der Waals surface area contributed by atoms with Gasteiger partial charge in [-0.1, -0.05) is 55.7 Å². The highest BCUT2D eigenvalue weighted by molar-refractivity contribution is 5.87. The van der Waals surface area contributed by atoms with E-state index in [4.69, 9.17) is 0 Å². The van der Waals surface area contributed by atoms with Crippen molar-refractivity contribution in [3.8, 4) is 0 Å². The summed E-state index contributed by atoms with van der Waals surface area (Å²) in [5.41, 5.74) is 1.41. The van der Waals surface area contributed by atoms with E-state index >= 15 is 0 Å². The summed E-state index contributed by atoms with van der Waals surface area (Å²) in [5.74, 6) is 0.0703. The van der Waals surface area contributed by atoms with Gasteiger partial charge in [-0.25, -0.2) is 0 Å². The molecule has 1 aliphatic rings. The zero-order chi connectivity index (χ0) is 13.7. The monoisotopic (exact) mass is 257 g/mol. The number of hydrogen-bond acceptors (Lipinski definition) is 1. The maximum atomic E-state index is 11.8. The molecule has 0 atom stereocenters. The fourth-order valence-corrected chi connectivity index (χ4v) is 2.88. The molecule has 0 aliphatic heterocycles. The molecular weight excluding hydrogens is 234 g/mol. The van der Waals surface area contributed by atoms with E-state index in [2.05, 4.69) is 36.4 Å². The zero-order valence-electron chi connectivity index (χ0n) is 11.9. The molecule has 1 fully saturated rings. The third-order valence-corrected chi connectivity index (χ3v) is 4.08. The summed E-state index contributed by atoms with van der Waals surface area (Å²) in [6, 6.07) is 10.6. The second kappa shape index (κ2) is 6.05. The summed E-state index contributed by atoms with van der Waals surface area (Å²) in [7, 11) is 3.59. The summed E-state index contributed by atoms with van der Waals surface area (Å²) < 4.78 is 0. The Hall–Kier alpha value is -1.57. The van der Waals surface area contributed by atoms with Gasteiger partial charge in [0.25, 0.3) is 0 Å². The molecule has 0 unspecified atom stereocenters. The second-order valence-corrected chi connectivity index (χ2v) is 5.65. The Morgan fingerprint density at radius 3 is 2.32 bits per heavy atom. The summed E-state index contributed by atoms with van der Waals surface area (Å²) in [6.45, 7) is 0. The topological polar surface area (TPSA) is 20.3 Å². The average Bonchev–Trinajstić information content (AvgIpc) is 2.46. The van der Waals surface area contributed by atoms with Gasteiger partial charge in [-0.3, -0.25) is 4.79 Å². The Balaban J connectivity index is 2.28. The lowest BCUT2D eigenvalue weighted by Gasteiger charge is -2.35. The molecule has 19 heavy (non-hydrogen) atoms. The summed E-state index contributed by atoms with van der Waals surface area (Å²) >= 11 is 0. The second-order valence-electron chi connectivity index (χ2n) is 5.65. The smallest absolute Gasteiger partial charge is 0.245 e. The largest absolute Gasteiger partial charge is 0.345 e. The number of nitrogens with zero attached hydrogens (tertiary/aromatic N) is 1. The third kappa shape index (κ3) is 3.25. The quantitative estimate of drug-likeness (QED) is 0.759. The van der Waals surface area contributed by atoms with Gasteiger partial charge in [0.2, 0.25) is 5.91 Å². The van der Waals surface area contributed by atoms with Crippen molar-refractivity contribution in [3.63, 3.8) is 0 Å². The molecule has 1 saturated carbocycles. The number of carbonyl (C=O) groups is 1. The van der Waals surface area contributed by atoms with E-state index in [-0.39, 0.29) is 11.3 Å². The lowest BCUT2D eigenvalue weighted by molar-refractivity contribution is -0.123. The molecule has 0 N–H and O–H groups in total. The van der Waals surface area contributed by atoms with Crippen molar-refractivity contribution in [1.82, 2.24) is 4.90 Å². The maximum Gasteiger partial charge on any atom is 0.245 e. The summed E-state index contributed by atoms with van der Waals surface area (Å²) in [5, 5.41) is 0. The van der Waals surface area contributed by atoms with Crippen LogP contribution in [0.25, 0.3) is 0 Å². The maximum absolute atomic E-state index is 11.8. The summed E-state index contributed by atoms with van der Waals surface area (Å²) in [6.07, 6.45) is 9.99. The lowest BCUT2D eigenvalue weighted by Crippen LogP contribution is -2.28. The molecule has 2 nitrogen and oxygen atoms in total. The van der Waals surface area contributed by atoms with Gasteiger partial charge in [0.15, 0.2) is 0 Å². The van der Waals surface area contributed by atoms with Gasteiger partial charge < -0.3 is 4.90 Å². The first-order valence-corrected chi connectivity index (χ1v) is 7.10. The van der Waals surface area contributed by atoms with Gasteiger partial charge in [0.1, 0.15) is 0 Å². The molecule has 2 rings (SSSR count). The number of carbonyl (C=O) groups excluding carboxylic acids is 1. The van der Waals surface area contributed by atoms with E-state index in [0.717, 1.165) is 12.8 Å². The van der Waals surface area contributed by atoms with E-state index in [1.54, 1.807) is 25.1 Å². The average molecular weight is 257 g/mol. The van der Waals surface area contributed by atoms with Crippen molar-refractivity contribution in [1.29, 1.82) is 0 Å². The molecule has 0 spiro atoms. The van der Waals surface area contributed by atoms with E-state index in [1.165, 1.54) is 24.8 Å². The number of allylic oxidation sites excluding steroid dienone is 1. The standard InChI is InChI=1S/C17H23NO/c1-18(2)16(19)11-14-17(12-7-4-8-13-17)15-9-5-3-6-10-15/h3,5-6,9-11,14H,4,7-8,12-13H2,1-2H3. The van der Waals surface area contributed by atoms with Crippen LogP contribution in [0.2, 0.25) is 0 Å². The molecule has 2 heteroatoms. The van der Waals surface area contributed by atoms with E-state index in [0.29, 0.717) is 0 Å². The van der Waals surface area contributed by atoms with Gasteiger partial charge in [0, 0.05) is 19.5 Å². The van der Waals surface area contributed by atoms with Gasteiger partial charge in [-0.2, -0.15) is 0 Å². The Morgan fingerprint density at radius 1 is 1.11 bits per heavy atom. The highest BCUT2D eigenvalue weighted by Gasteiger charge is 2.31. The van der Waals surface area contributed by atoms with Gasteiger partial charge >= 0.3 is 0 Å². The number of likely N-dealkylation sites (N-methyl/N-ethyl adjacent to an activating group) is 1. The first-order valence-electron chi connectivity index (χ1n) is 7.10. The molecule has 1 aromatic carbocycles. The fourth-order valence-electron chi connectivity index (χ4n) is 2.88. The van der Waals surface area contributed by atoms with Crippen LogP contribution in [0, 0.1) is 0 Å². The predicted molar refractivity (Wildman–Crippen MR) is 79.0 cm³/mol. The highest BCUT2D eigenvalue weighted by Crippen LogP contribution is 2.40. The molecule has 1 aliphatic carbocycles. The van der Waals surface area contributed by atoms with Gasteiger partial charge in [-0.05, 0) is 24.5 Å². The predicted octanol–water partition coefficient (Wildman–Crippen LogP) is 3.53. The lowest BCUT2D eigenvalue weighted by atomic mass is 9.69. The minimum Gasteiger partial charge on any atom is -0.345 e. The van der Waals surface area contributed by atoms with Crippen molar-refractivity contribution in [2.24, 2.45) is 0 Å². The Kier molecular flexibility index (Phi) is 4.41. The van der Waals surface area contributed by atoms with Crippen LogP contribution in [0.4, 0.5) is 0 Å². The number of hydrogen-bond donors (Lipinski definition) is 0. The van der Waals surface area contributed by atoms with Crippen molar-refractivity contribution >= 4 is 5.91 Å². The first-order chi connectivity index (χ1) is 9.14. The van der Waals surface area contributed by atoms with Crippen molar-refractivity contribution in [3.05, 3.63) is 48.0 Å². The molecule has 0 saturated heterocycles. The van der Waals surface area contributed by atoms with Gasteiger partial charge in [0.05, 0.1) is 0 Å². The first kappa shape index (κ1) is 13.9. The molecule has 0 bridgehead atoms. The Labute approximate surface area is 116 Å². The molecule has 0 heterocycles.